The van der Waals surface area contributed by atoms with Crippen LogP contribution in [0.5, 0.6) is 0 Å². The third-order valence-electron chi connectivity index (χ3n) is 5.70. The summed E-state index contributed by atoms with van der Waals surface area (Å²) in [6.07, 6.45) is 2.17. The highest BCUT2D eigenvalue weighted by atomic mass is 16.7. The van der Waals surface area contributed by atoms with Gasteiger partial charge in [-0.15, -0.1) is 5.90 Å². The molecule has 178 valence electrons. The molecule has 0 aliphatic carbocycles. The van der Waals surface area contributed by atoms with Gasteiger partial charge >= 0.3 is 6.09 Å². The molecule has 4 rings (SSSR count). The number of hydrogen-bond donors (Lipinski definition) is 2. The molecule has 0 spiro atoms. The average molecular weight is 470 g/mol. The normalized spacial score (nSPS) is 11.7. The molecule has 0 atom stereocenters. The quantitative estimate of drug-likeness (QED) is 0.286. The first kappa shape index (κ1) is 23.8. The lowest BCUT2D eigenvalue weighted by atomic mass is 9.96. The second-order valence-corrected chi connectivity index (χ2v) is 9.09. The van der Waals surface area contributed by atoms with Crippen molar-refractivity contribution in [3.8, 4) is 22.4 Å². The number of rotatable bonds is 6. The van der Waals surface area contributed by atoms with Crippen LogP contribution in [-0.4, -0.2) is 37.8 Å². The van der Waals surface area contributed by atoms with Crippen molar-refractivity contribution >= 4 is 23.2 Å². The Hall–Kier alpha value is -4.30. The fourth-order valence-electron chi connectivity index (χ4n) is 3.90. The lowest BCUT2D eigenvalue weighted by molar-refractivity contribution is 0.0955. The van der Waals surface area contributed by atoms with Crippen molar-refractivity contribution in [2.45, 2.75) is 32.9 Å². The van der Waals surface area contributed by atoms with E-state index in [0.29, 0.717) is 12.2 Å². The first-order valence-electron chi connectivity index (χ1n) is 11.1. The third-order valence-corrected chi connectivity index (χ3v) is 5.70. The number of carboxylic acid groups (broad SMARTS) is 1. The molecular formula is C27H27N5O3. The summed E-state index contributed by atoms with van der Waals surface area (Å²) >= 11 is 0. The zero-order valence-electron chi connectivity index (χ0n) is 19.8. The summed E-state index contributed by atoms with van der Waals surface area (Å²) in [5, 5.41) is 14.1. The summed E-state index contributed by atoms with van der Waals surface area (Å²) in [4.78, 5) is 26.9. The fourth-order valence-corrected chi connectivity index (χ4v) is 3.90. The Morgan fingerprint density at radius 2 is 1.80 bits per heavy atom. The number of pyridine rings is 2. The molecule has 0 radical (unpaired) electrons. The zero-order chi connectivity index (χ0) is 25.0. The van der Waals surface area contributed by atoms with Crippen molar-refractivity contribution in [2.75, 3.05) is 0 Å². The summed E-state index contributed by atoms with van der Waals surface area (Å²) in [7, 11) is 0. The van der Waals surface area contributed by atoms with E-state index >= 15 is 0 Å². The summed E-state index contributed by atoms with van der Waals surface area (Å²) < 4.78 is 0. The van der Waals surface area contributed by atoms with E-state index in [4.69, 9.17) is 10.9 Å². The maximum Gasteiger partial charge on any atom is 0.408 e. The van der Waals surface area contributed by atoms with Crippen LogP contribution in [0.1, 0.15) is 32.0 Å². The number of nitrogens with zero attached hydrogens (tertiary/aromatic N) is 4. The molecule has 0 fully saturated rings. The first-order chi connectivity index (χ1) is 16.8. The van der Waals surface area contributed by atoms with Gasteiger partial charge in [-0.25, -0.2) is 9.78 Å². The van der Waals surface area contributed by atoms with Gasteiger partial charge in [0.25, 0.3) is 0 Å². The van der Waals surface area contributed by atoms with E-state index in [1.165, 1.54) is 11.1 Å². The number of hydrogen-bond acceptors (Lipinski definition) is 6. The van der Waals surface area contributed by atoms with E-state index in [-0.39, 0.29) is 0 Å². The second-order valence-electron chi connectivity index (χ2n) is 9.09. The van der Waals surface area contributed by atoms with Gasteiger partial charge in [-0.1, -0.05) is 59.8 Å². The molecule has 4 aromatic rings. The van der Waals surface area contributed by atoms with Crippen LogP contribution in [0.4, 0.5) is 4.79 Å². The molecule has 0 saturated carbocycles. The highest BCUT2D eigenvalue weighted by molar-refractivity contribution is 6.00. The fraction of sp³-hybridized carbons (Fsp3) is 0.185. The minimum absolute atomic E-state index is 0.299. The van der Waals surface area contributed by atoms with E-state index in [0.717, 1.165) is 38.9 Å². The molecule has 2 heterocycles. The van der Waals surface area contributed by atoms with Crippen molar-refractivity contribution in [3.63, 3.8) is 0 Å². The van der Waals surface area contributed by atoms with Gasteiger partial charge in [0.2, 0.25) is 0 Å². The molecule has 8 nitrogen and oxygen atoms in total. The second kappa shape index (κ2) is 9.90. The highest BCUT2D eigenvalue weighted by Gasteiger charge is 2.26. The number of oxime groups is 1. The molecule has 0 bridgehead atoms. The number of amides is 1. The zero-order valence-corrected chi connectivity index (χ0v) is 19.8. The highest BCUT2D eigenvalue weighted by Crippen LogP contribution is 2.34. The van der Waals surface area contributed by atoms with Crippen LogP contribution in [0.2, 0.25) is 0 Å². The van der Waals surface area contributed by atoms with Crippen LogP contribution in [0.15, 0.2) is 78.1 Å². The van der Waals surface area contributed by atoms with Crippen LogP contribution in [-0.2, 0) is 11.5 Å². The molecule has 0 unspecified atom stereocenters. The van der Waals surface area contributed by atoms with E-state index < -0.39 is 11.6 Å². The van der Waals surface area contributed by atoms with Crippen molar-refractivity contribution in [3.05, 3.63) is 84.2 Å². The number of benzene rings is 2. The Morgan fingerprint density at radius 1 is 1.09 bits per heavy atom. The van der Waals surface area contributed by atoms with Crippen LogP contribution >= 0.6 is 0 Å². The van der Waals surface area contributed by atoms with Crippen LogP contribution in [0.3, 0.4) is 0 Å². The monoisotopic (exact) mass is 469 g/mol. The predicted octanol–water partition coefficient (Wildman–Crippen LogP) is 5.47. The SMILES string of the molecule is CC(C)(C)N(Cc1ccc(-c2nc3ccnc(/C=N\ON)c3cc2-c2ccccc2)cc1)C(=O)O. The maximum absolute atomic E-state index is 11.7. The van der Waals surface area contributed by atoms with Gasteiger partial charge in [0.1, 0.15) is 0 Å². The van der Waals surface area contributed by atoms with Gasteiger partial charge in [0.15, 0.2) is 0 Å². The minimum atomic E-state index is -0.947. The molecule has 0 aliphatic rings. The van der Waals surface area contributed by atoms with Crippen molar-refractivity contribution in [2.24, 2.45) is 11.1 Å². The summed E-state index contributed by atoms with van der Waals surface area (Å²) in [6, 6.07) is 21.7. The van der Waals surface area contributed by atoms with Gasteiger partial charge in [0, 0.05) is 34.8 Å². The Morgan fingerprint density at radius 3 is 2.43 bits per heavy atom. The third kappa shape index (κ3) is 5.28. The molecule has 1 amide bonds. The summed E-state index contributed by atoms with van der Waals surface area (Å²) in [6.45, 7) is 5.95. The van der Waals surface area contributed by atoms with Gasteiger partial charge in [-0.3, -0.25) is 9.88 Å². The van der Waals surface area contributed by atoms with E-state index in [1.54, 1.807) is 6.20 Å². The Labute approximate surface area is 203 Å². The lowest BCUT2D eigenvalue weighted by Crippen LogP contribution is -2.44. The minimum Gasteiger partial charge on any atom is -0.465 e. The number of aromatic nitrogens is 2. The van der Waals surface area contributed by atoms with Crippen LogP contribution < -0.4 is 5.90 Å². The van der Waals surface area contributed by atoms with Gasteiger partial charge < -0.3 is 10.0 Å². The standard InChI is InChI=1S/C27H27N5O3/c1-27(2,3)32(26(33)34)17-18-9-11-20(12-10-18)25-21(19-7-5-4-6-8-19)15-22-23(31-25)13-14-29-24(22)16-30-35-28/h4-16H,17,28H2,1-3H3,(H,33,34)/b30-16-. The molecule has 2 aromatic carbocycles. The average Bonchev–Trinajstić information content (AvgIpc) is 2.85. The molecule has 8 heteroatoms. The van der Waals surface area contributed by atoms with Gasteiger partial charge in [-0.05, 0) is 44.0 Å². The van der Waals surface area contributed by atoms with Crippen molar-refractivity contribution in [1.82, 2.24) is 14.9 Å². The smallest absolute Gasteiger partial charge is 0.408 e. The molecule has 2 aromatic heterocycles. The molecular weight excluding hydrogens is 442 g/mol. The first-order valence-corrected chi connectivity index (χ1v) is 11.1. The van der Waals surface area contributed by atoms with Crippen LogP contribution in [0, 0.1) is 0 Å². The van der Waals surface area contributed by atoms with E-state index in [2.05, 4.69) is 15.1 Å². The number of carbonyl (C=O) groups is 1. The van der Waals surface area contributed by atoms with Crippen LogP contribution in [0.25, 0.3) is 33.3 Å². The largest absolute Gasteiger partial charge is 0.465 e. The molecule has 0 saturated heterocycles. The summed E-state index contributed by atoms with van der Waals surface area (Å²) in [5.41, 5.74) is 5.41. The van der Waals surface area contributed by atoms with Crippen molar-refractivity contribution in [1.29, 1.82) is 0 Å². The Balaban J connectivity index is 1.81. The maximum atomic E-state index is 11.7. The summed E-state index contributed by atoms with van der Waals surface area (Å²) in [5.74, 6) is 5.05. The van der Waals surface area contributed by atoms with Gasteiger partial charge in [-0.2, -0.15) is 0 Å². The molecule has 0 aliphatic heterocycles. The Kier molecular flexibility index (Phi) is 6.75. The molecule has 35 heavy (non-hydrogen) atoms. The molecule has 3 N–H and O–H groups in total. The van der Waals surface area contributed by atoms with Gasteiger partial charge in [0.05, 0.1) is 23.1 Å². The lowest BCUT2D eigenvalue weighted by Gasteiger charge is -2.33. The van der Waals surface area contributed by atoms with E-state index in [1.807, 2.05) is 87.5 Å². The number of fused-ring (bicyclic) bond motifs is 1. The van der Waals surface area contributed by atoms with Crippen molar-refractivity contribution < 1.29 is 14.8 Å². The predicted molar refractivity (Wildman–Crippen MR) is 137 cm³/mol. The topological polar surface area (TPSA) is 114 Å². The number of nitrogens with two attached hydrogens (primary N) is 1. The van der Waals surface area contributed by atoms with E-state index in [9.17, 15) is 9.90 Å². The Bertz CT molecular complexity index is 1360.